The van der Waals surface area contributed by atoms with Crippen LogP contribution in [-0.2, 0) is 21.6 Å². The molecule has 2 aliphatic heterocycles. The molecule has 3 unspecified atom stereocenters. The molecule has 1 fully saturated rings. The van der Waals surface area contributed by atoms with Crippen LogP contribution in [0.15, 0.2) is 73.1 Å². The molecule has 35 heavy (non-hydrogen) atoms. The number of amides is 1. The van der Waals surface area contributed by atoms with Gasteiger partial charge in [-0.05, 0) is 42.8 Å². The summed E-state index contributed by atoms with van der Waals surface area (Å²) in [6, 6.07) is 17.0. The maximum absolute atomic E-state index is 13.8. The van der Waals surface area contributed by atoms with Crippen LogP contribution >= 0.6 is 23.2 Å². The molecule has 3 atom stereocenters. The number of hydrogen-bond acceptors (Lipinski definition) is 4. The molecule has 5 rings (SSSR count). The lowest BCUT2D eigenvalue weighted by molar-refractivity contribution is -0.183. The third kappa shape index (κ3) is 4.27. The number of carbonyl (C=O) groups is 1. The van der Waals surface area contributed by atoms with E-state index < -0.39 is 5.72 Å². The number of nitrogens with zero attached hydrogens (tertiary/aromatic N) is 2. The minimum absolute atomic E-state index is 0.0316. The average Bonchev–Trinajstić information content (AvgIpc) is 3.10. The van der Waals surface area contributed by atoms with E-state index >= 15 is 0 Å². The van der Waals surface area contributed by atoms with Crippen molar-refractivity contribution in [2.45, 2.75) is 32.1 Å². The maximum atomic E-state index is 13.8. The van der Waals surface area contributed by atoms with Crippen molar-refractivity contribution in [3.63, 3.8) is 0 Å². The highest BCUT2D eigenvalue weighted by Crippen LogP contribution is 2.48. The summed E-state index contributed by atoms with van der Waals surface area (Å²) in [5.41, 5.74) is 2.86. The van der Waals surface area contributed by atoms with E-state index in [0.29, 0.717) is 41.2 Å². The molecule has 2 aromatic carbocycles. The van der Waals surface area contributed by atoms with Gasteiger partial charge in [0.15, 0.2) is 0 Å². The number of allylic oxidation sites excluding steroid dienone is 1. The minimum atomic E-state index is -1.18. The van der Waals surface area contributed by atoms with E-state index in [1.165, 1.54) is 0 Å². The summed E-state index contributed by atoms with van der Waals surface area (Å²) in [7, 11) is 0. The number of benzene rings is 2. The lowest BCUT2D eigenvalue weighted by atomic mass is 9.87. The molecule has 1 saturated heterocycles. The van der Waals surface area contributed by atoms with Crippen molar-refractivity contribution in [1.82, 2.24) is 9.88 Å². The van der Waals surface area contributed by atoms with Crippen molar-refractivity contribution in [3.8, 4) is 0 Å². The molecule has 0 saturated carbocycles. The number of ether oxygens (including phenoxy) is 2. The van der Waals surface area contributed by atoms with E-state index in [2.05, 4.69) is 11.9 Å². The van der Waals surface area contributed by atoms with E-state index in [-0.39, 0.29) is 12.0 Å². The fourth-order valence-corrected chi connectivity index (χ4v) is 5.01. The van der Waals surface area contributed by atoms with Gasteiger partial charge in [0.1, 0.15) is 0 Å². The smallest absolute Gasteiger partial charge is 0.261 e. The Morgan fingerprint density at radius 1 is 1.14 bits per heavy atom. The van der Waals surface area contributed by atoms with Gasteiger partial charge < -0.3 is 9.47 Å². The predicted molar refractivity (Wildman–Crippen MR) is 137 cm³/mol. The number of carbonyl (C=O) groups excluding carboxylic acids is 1. The monoisotopic (exact) mass is 508 g/mol. The van der Waals surface area contributed by atoms with Gasteiger partial charge in [0, 0.05) is 52.1 Å². The molecule has 5 nitrogen and oxygen atoms in total. The van der Waals surface area contributed by atoms with Crippen LogP contribution in [0, 0.1) is 5.92 Å². The Labute approximate surface area is 215 Å². The van der Waals surface area contributed by atoms with Gasteiger partial charge in [-0.2, -0.15) is 0 Å². The highest BCUT2D eigenvalue weighted by atomic mass is 35.5. The number of pyridine rings is 1. The first-order chi connectivity index (χ1) is 16.9. The molecule has 7 heteroatoms. The zero-order chi connectivity index (χ0) is 24.6. The Hall–Kier alpha value is -2.70. The molecule has 0 radical (unpaired) electrons. The first kappa shape index (κ1) is 24.0. The summed E-state index contributed by atoms with van der Waals surface area (Å²) < 4.78 is 12.6. The van der Waals surface area contributed by atoms with Crippen molar-refractivity contribution in [2.24, 2.45) is 5.92 Å². The Bertz CT molecular complexity index is 1260. The van der Waals surface area contributed by atoms with Gasteiger partial charge in [0.25, 0.3) is 5.91 Å². The topological polar surface area (TPSA) is 51.7 Å². The number of rotatable bonds is 7. The van der Waals surface area contributed by atoms with Gasteiger partial charge in [0.2, 0.25) is 5.72 Å². The van der Waals surface area contributed by atoms with Crippen molar-refractivity contribution < 1.29 is 14.3 Å². The quantitative estimate of drug-likeness (QED) is 0.380. The fourth-order valence-electron chi connectivity index (χ4n) is 4.77. The molecule has 0 bridgehead atoms. The second kappa shape index (κ2) is 9.75. The summed E-state index contributed by atoms with van der Waals surface area (Å²) in [4.78, 5) is 20.0. The SMILES string of the molecule is CC=CN1C(=O)c2cccc(Cc3ccc(Cl)cn3)c2C1(OCC1OCC1C)c1ccc(Cl)cc1. The summed E-state index contributed by atoms with van der Waals surface area (Å²) >= 11 is 12.3. The molecular weight excluding hydrogens is 483 g/mol. The first-order valence-corrected chi connectivity index (χ1v) is 12.4. The van der Waals surface area contributed by atoms with Crippen molar-refractivity contribution in [2.75, 3.05) is 13.2 Å². The van der Waals surface area contributed by atoms with Gasteiger partial charge in [0.05, 0.1) is 24.3 Å². The highest BCUT2D eigenvalue weighted by Gasteiger charge is 2.53. The third-order valence-corrected chi connectivity index (χ3v) is 7.11. The van der Waals surface area contributed by atoms with Crippen molar-refractivity contribution >= 4 is 29.1 Å². The van der Waals surface area contributed by atoms with E-state index in [9.17, 15) is 4.79 Å². The van der Waals surface area contributed by atoms with Crippen LogP contribution < -0.4 is 0 Å². The Morgan fingerprint density at radius 2 is 1.91 bits per heavy atom. The van der Waals surface area contributed by atoms with Gasteiger partial charge in [-0.1, -0.05) is 60.5 Å². The largest absolute Gasteiger partial charge is 0.375 e. The van der Waals surface area contributed by atoms with Gasteiger partial charge in [-0.15, -0.1) is 0 Å². The normalized spacial score (nSPS) is 23.5. The van der Waals surface area contributed by atoms with E-state index in [0.717, 1.165) is 22.4 Å². The molecule has 1 aromatic heterocycles. The molecule has 1 amide bonds. The number of hydrogen-bond donors (Lipinski definition) is 0. The minimum Gasteiger partial charge on any atom is -0.375 e. The summed E-state index contributed by atoms with van der Waals surface area (Å²) in [5.74, 6) is 0.263. The molecule has 180 valence electrons. The number of halogens is 2. The third-order valence-electron chi connectivity index (χ3n) is 6.64. The molecular formula is C28H26Cl2N2O3. The second-order valence-electron chi connectivity index (χ2n) is 8.95. The molecule has 0 N–H and O–H groups in total. The van der Waals surface area contributed by atoms with Crippen LogP contribution in [0.1, 0.15) is 46.6 Å². The highest BCUT2D eigenvalue weighted by molar-refractivity contribution is 6.30. The van der Waals surface area contributed by atoms with E-state index in [1.807, 2.05) is 67.6 Å². The fraction of sp³-hybridized carbons (Fsp3) is 0.286. The lowest BCUT2D eigenvalue weighted by Gasteiger charge is -2.42. The summed E-state index contributed by atoms with van der Waals surface area (Å²) in [6.45, 7) is 5.09. The van der Waals surface area contributed by atoms with Gasteiger partial charge in [-0.3, -0.25) is 14.7 Å². The average molecular weight is 509 g/mol. The molecule has 2 aliphatic rings. The lowest BCUT2D eigenvalue weighted by Crippen LogP contribution is -2.49. The number of aromatic nitrogens is 1. The zero-order valence-corrected chi connectivity index (χ0v) is 21.1. The molecule has 3 heterocycles. The Kier molecular flexibility index (Phi) is 6.69. The second-order valence-corrected chi connectivity index (χ2v) is 9.83. The van der Waals surface area contributed by atoms with E-state index in [4.69, 9.17) is 32.7 Å². The van der Waals surface area contributed by atoms with Crippen LogP contribution in [0.5, 0.6) is 0 Å². The molecule has 3 aromatic rings. The predicted octanol–water partition coefficient (Wildman–Crippen LogP) is 6.22. The Balaban J connectivity index is 1.70. The standard InChI is InChI=1S/C28H26Cl2N2O3/c1-3-13-32-27(33)24-6-4-5-19(14-23-12-11-22(30)15-31-23)26(24)28(32,20-7-9-21(29)10-8-20)35-17-25-18(2)16-34-25/h3-13,15,18,25H,14,16-17H2,1-2H3. The van der Waals surface area contributed by atoms with Crippen LogP contribution in [0.4, 0.5) is 0 Å². The van der Waals surface area contributed by atoms with Crippen LogP contribution in [0.25, 0.3) is 0 Å². The molecule has 0 spiro atoms. The van der Waals surface area contributed by atoms with Gasteiger partial charge in [-0.25, -0.2) is 0 Å². The molecule has 0 aliphatic carbocycles. The van der Waals surface area contributed by atoms with Crippen LogP contribution in [0.2, 0.25) is 10.0 Å². The van der Waals surface area contributed by atoms with Crippen LogP contribution in [-0.4, -0.2) is 35.1 Å². The van der Waals surface area contributed by atoms with E-state index in [1.54, 1.807) is 17.3 Å². The zero-order valence-electron chi connectivity index (χ0n) is 19.6. The van der Waals surface area contributed by atoms with Crippen molar-refractivity contribution in [1.29, 1.82) is 0 Å². The first-order valence-electron chi connectivity index (χ1n) is 11.6. The van der Waals surface area contributed by atoms with Crippen LogP contribution in [0.3, 0.4) is 0 Å². The summed E-state index contributed by atoms with van der Waals surface area (Å²) in [5, 5.41) is 1.19. The van der Waals surface area contributed by atoms with Crippen molar-refractivity contribution in [3.05, 3.63) is 111 Å². The maximum Gasteiger partial charge on any atom is 0.261 e. The number of fused-ring (bicyclic) bond motifs is 1. The Morgan fingerprint density at radius 3 is 2.54 bits per heavy atom. The summed E-state index contributed by atoms with van der Waals surface area (Å²) in [6.07, 6.45) is 5.76. The van der Waals surface area contributed by atoms with Gasteiger partial charge >= 0.3 is 0 Å².